The second-order valence-corrected chi connectivity index (χ2v) is 5.59. The summed E-state index contributed by atoms with van der Waals surface area (Å²) in [5.41, 5.74) is 0. The Morgan fingerprint density at radius 2 is 1.86 bits per heavy atom. The molecule has 0 aromatic rings. The first-order valence-corrected chi connectivity index (χ1v) is 7.43. The van der Waals surface area contributed by atoms with Gasteiger partial charge in [-0.05, 0) is 12.2 Å². The number of nitrogens with zero attached hydrogens (tertiary/aromatic N) is 3. The van der Waals surface area contributed by atoms with Gasteiger partial charge in [0, 0.05) is 20.3 Å². The van der Waals surface area contributed by atoms with E-state index in [4.69, 9.17) is 17.0 Å². The maximum atomic E-state index is 12.1. The average molecular weight is 313 g/mol. The molecule has 2 amide bonds. The van der Waals surface area contributed by atoms with E-state index in [0.717, 1.165) is 32.8 Å². The predicted molar refractivity (Wildman–Crippen MR) is 81.4 cm³/mol. The zero-order chi connectivity index (χ0) is 15.4. The molecule has 7 nitrogen and oxygen atoms in total. The summed E-state index contributed by atoms with van der Waals surface area (Å²) in [5.74, 6) is -1.48. The molecule has 2 heterocycles. The van der Waals surface area contributed by atoms with Crippen molar-refractivity contribution in [3.05, 3.63) is 0 Å². The van der Waals surface area contributed by atoms with Crippen molar-refractivity contribution in [2.24, 2.45) is 10.9 Å². The van der Waals surface area contributed by atoms with Crippen LogP contribution in [0.1, 0.15) is 0 Å². The van der Waals surface area contributed by atoms with E-state index in [2.05, 4.69) is 4.99 Å². The Morgan fingerprint density at radius 1 is 1.29 bits per heavy atom. The fourth-order valence-electron chi connectivity index (χ4n) is 2.38. The van der Waals surface area contributed by atoms with Gasteiger partial charge < -0.3 is 9.64 Å². The molecule has 0 aliphatic carbocycles. The van der Waals surface area contributed by atoms with Crippen molar-refractivity contribution in [3.8, 4) is 0 Å². The highest BCUT2D eigenvalue weighted by Crippen LogP contribution is 2.13. The smallest absolute Gasteiger partial charge is 0.246 e. The van der Waals surface area contributed by atoms with E-state index in [1.807, 2.05) is 0 Å². The molecule has 0 saturated carbocycles. The van der Waals surface area contributed by atoms with E-state index in [1.165, 1.54) is 20.9 Å². The molecule has 8 heteroatoms. The number of aliphatic imine (C=N–C) groups is 1. The molecule has 0 atom stereocenters. The van der Waals surface area contributed by atoms with E-state index in [1.54, 1.807) is 14.1 Å². The van der Waals surface area contributed by atoms with E-state index in [-0.39, 0.29) is 16.9 Å². The van der Waals surface area contributed by atoms with Crippen LogP contribution in [0.15, 0.2) is 4.99 Å². The summed E-state index contributed by atoms with van der Waals surface area (Å²) in [6.45, 7) is 5.02. The van der Waals surface area contributed by atoms with Crippen molar-refractivity contribution in [1.82, 2.24) is 9.80 Å². The van der Waals surface area contributed by atoms with Gasteiger partial charge in [0.25, 0.3) is 0 Å². The first-order chi connectivity index (χ1) is 10.0. The Bertz CT molecular complexity index is 438. The number of ether oxygens (including phenoxy) is 1. The Labute approximate surface area is 129 Å². The van der Waals surface area contributed by atoms with Gasteiger partial charge in [0.2, 0.25) is 11.8 Å². The molecule has 0 radical (unpaired) electrons. The third kappa shape index (κ3) is 3.63. The SMILES string of the molecule is CN1C(=O)C(C=NCC[NH+]2CCOCC2)C(=O)N(C)C1=S. The van der Waals surface area contributed by atoms with Crippen molar-refractivity contribution in [1.29, 1.82) is 0 Å². The number of thiocarbonyl (C=S) groups is 1. The molecule has 2 rings (SSSR count). The fraction of sp³-hybridized carbons (Fsp3) is 0.692. The molecular formula is C13H21N4O3S+. The van der Waals surface area contributed by atoms with Crippen LogP contribution in [0.5, 0.6) is 0 Å². The molecule has 1 N–H and O–H groups in total. The number of morpholine rings is 1. The first kappa shape index (κ1) is 16.0. The lowest BCUT2D eigenvalue weighted by Gasteiger charge is -2.33. The number of carbonyl (C=O) groups is 2. The van der Waals surface area contributed by atoms with Gasteiger partial charge in [-0.3, -0.25) is 24.4 Å². The number of amides is 2. The Balaban J connectivity index is 1.88. The fourth-order valence-corrected chi connectivity index (χ4v) is 2.56. The van der Waals surface area contributed by atoms with Crippen molar-refractivity contribution < 1.29 is 19.2 Å². The minimum absolute atomic E-state index is 0.229. The van der Waals surface area contributed by atoms with Crippen molar-refractivity contribution in [3.63, 3.8) is 0 Å². The second-order valence-electron chi connectivity index (χ2n) is 5.22. The Hall–Kier alpha value is -1.38. The van der Waals surface area contributed by atoms with Crippen LogP contribution in [0, 0.1) is 5.92 Å². The quantitative estimate of drug-likeness (QED) is 0.364. The third-order valence-electron chi connectivity index (χ3n) is 3.82. The lowest BCUT2D eigenvalue weighted by atomic mass is 10.1. The summed E-state index contributed by atoms with van der Waals surface area (Å²) in [5, 5.41) is 0.229. The summed E-state index contributed by atoms with van der Waals surface area (Å²) >= 11 is 5.03. The summed E-state index contributed by atoms with van der Waals surface area (Å²) in [4.78, 5) is 32.5. The van der Waals surface area contributed by atoms with Crippen LogP contribution in [0.2, 0.25) is 0 Å². The van der Waals surface area contributed by atoms with E-state index in [0.29, 0.717) is 6.54 Å². The number of hydrogen-bond donors (Lipinski definition) is 1. The van der Waals surface area contributed by atoms with Crippen LogP contribution in [-0.4, -0.2) is 86.4 Å². The van der Waals surface area contributed by atoms with Crippen LogP contribution in [0.25, 0.3) is 0 Å². The number of hydrogen-bond acceptors (Lipinski definition) is 5. The highest BCUT2D eigenvalue weighted by Gasteiger charge is 2.39. The van der Waals surface area contributed by atoms with E-state index < -0.39 is 5.92 Å². The topological polar surface area (TPSA) is 66.7 Å². The summed E-state index contributed by atoms with van der Waals surface area (Å²) in [6, 6.07) is 0. The maximum absolute atomic E-state index is 12.1. The Kier molecular flexibility index (Phi) is 5.38. The van der Waals surface area contributed by atoms with E-state index >= 15 is 0 Å². The number of quaternary nitrogens is 1. The Morgan fingerprint density at radius 3 is 2.43 bits per heavy atom. The van der Waals surface area contributed by atoms with Gasteiger partial charge in [-0.25, -0.2) is 0 Å². The van der Waals surface area contributed by atoms with Crippen molar-refractivity contribution in [2.45, 2.75) is 0 Å². The molecule has 0 unspecified atom stereocenters. The molecule has 2 aliphatic heterocycles. The molecule has 2 aliphatic rings. The minimum atomic E-state index is -0.855. The van der Waals surface area contributed by atoms with Crippen LogP contribution in [-0.2, 0) is 14.3 Å². The van der Waals surface area contributed by atoms with Gasteiger partial charge in [-0.1, -0.05) is 0 Å². The van der Waals surface area contributed by atoms with Gasteiger partial charge in [0.05, 0.1) is 26.3 Å². The van der Waals surface area contributed by atoms with Gasteiger partial charge >= 0.3 is 0 Å². The summed E-state index contributed by atoms with van der Waals surface area (Å²) < 4.78 is 5.29. The molecule has 21 heavy (non-hydrogen) atoms. The molecular weight excluding hydrogens is 292 g/mol. The van der Waals surface area contributed by atoms with Crippen molar-refractivity contribution in [2.75, 3.05) is 53.5 Å². The number of nitrogens with one attached hydrogen (secondary N) is 1. The van der Waals surface area contributed by atoms with Gasteiger partial charge in [0.15, 0.2) is 11.0 Å². The zero-order valence-electron chi connectivity index (χ0n) is 12.4. The largest absolute Gasteiger partial charge is 0.370 e. The van der Waals surface area contributed by atoms with Gasteiger partial charge in [-0.2, -0.15) is 0 Å². The zero-order valence-corrected chi connectivity index (χ0v) is 13.2. The normalized spacial score (nSPS) is 22.7. The third-order valence-corrected chi connectivity index (χ3v) is 4.36. The second kappa shape index (κ2) is 7.06. The molecule has 0 aromatic heterocycles. The summed E-state index contributed by atoms with van der Waals surface area (Å²) in [6.07, 6.45) is 1.46. The van der Waals surface area contributed by atoms with Crippen LogP contribution in [0.3, 0.4) is 0 Å². The van der Waals surface area contributed by atoms with Gasteiger partial charge in [0.1, 0.15) is 13.1 Å². The van der Waals surface area contributed by atoms with E-state index in [9.17, 15) is 9.59 Å². The van der Waals surface area contributed by atoms with Crippen LogP contribution in [0.4, 0.5) is 0 Å². The molecule has 2 saturated heterocycles. The predicted octanol–water partition coefficient (Wildman–Crippen LogP) is -2.20. The lowest BCUT2D eigenvalue weighted by molar-refractivity contribution is -0.906. The molecule has 0 aromatic carbocycles. The lowest BCUT2D eigenvalue weighted by Crippen LogP contribution is -3.14. The maximum Gasteiger partial charge on any atom is 0.246 e. The molecule has 0 spiro atoms. The average Bonchev–Trinajstić information content (AvgIpc) is 2.51. The standard InChI is InChI=1S/C13H20N4O3S/c1-15-11(18)10(12(19)16(2)13(15)21)9-14-3-4-17-5-7-20-8-6-17/h9-10H,3-8H2,1-2H3/p+1. The van der Waals surface area contributed by atoms with Gasteiger partial charge in [-0.15, -0.1) is 0 Å². The number of carbonyl (C=O) groups excluding carboxylic acids is 2. The van der Waals surface area contributed by atoms with Crippen molar-refractivity contribution >= 4 is 35.4 Å². The highest BCUT2D eigenvalue weighted by molar-refractivity contribution is 7.80. The van der Waals surface area contributed by atoms with Crippen LogP contribution < -0.4 is 4.90 Å². The van der Waals surface area contributed by atoms with Crippen LogP contribution >= 0.6 is 12.2 Å². The highest BCUT2D eigenvalue weighted by atomic mass is 32.1. The monoisotopic (exact) mass is 313 g/mol. The summed E-state index contributed by atoms with van der Waals surface area (Å²) in [7, 11) is 3.15. The molecule has 116 valence electrons. The molecule has 0 bridgehead atoms. The minimum Gasteiger partial charge on any atom is -0.370 e. The number of rotatable bonds is 4. The first-order valence-electron chi connectivity index (χ1n) is 7.02. The molecule has 2 fully saturated rings.